The molecule has 1 heterocycles. The van der Waals surface area contributed by atoms with Gasteiger partial charge in [0.15, 0.2) is 0 Å². The molecule has 4 heteroatoms. The topological polar surface area (TPSA) is 45.2 Å². The highest BCUT2D eigenvalue weighted by molar-refractivity contribution is 5.75. The molecule has 0 unspecified atom stereocenters. The van der Waals surface area contributed by atoms with Crippen molar-refractivity contribution in [2.45, 2.75) is 19.9 Å². The van der Waals surface area contributed by atoms with Gasteiger partial charge in [-0.3, -0.25) is 9.78 Å². The lowest BCUT2D eigenvalue weighted by Gasteiger charge is -2.10. The van der Waals surface area contributed by atoms with Gasteiger partial charge in [0.05, 0.1) is 0 Å². The second-order valence-electron chi connectivity index (χ2n) is 3.96. The van der Waals surface area contributed by atoms with Crippen LogP contribution in [0.25, 0.3) is 0 Å². The average Bonchev–Trinajstić information content (AvgIpc) is 2.26. The van der Waals surface area contributed by atoms with E-state index in [1.807, 2.05) is 19.1 Å². The highest BCUT2D eigenvalue weighted by atomic mass is 16.2. The molecule has 0 aliphatic rings. The van der Waals surface area contributed by atoms with Crippen molar-refractivity contribution in [3.8, 4) is 0 Å². The first-order valence-electron chi connectivity index (χ1n) is 5.42. The first-order valence-corrected chi connectivity index (χ1v) is 5.42. The molecule has 0 aromatic carbocycles. The number of carbonyl (C=O) groups is 1. The van der Waals surface area contributed by atoms with Gasteiger partial charge in [-0.15, -0.1) is 0 Å². The molecule has 1 rings (SSSR count). The molecular weight excluding hydrogens is 202 g/mol. The summed E-state index contributed by atoms with van der Waals surface area (Å²) in [6, 6.07) is 3.97. The van der Waals surface area contributed by atoms with Gasteiger partial charge < -0.3 is 10.2 Å². The van der Waals surface area contributed by atoms with Crippen LogP contribution in [-0.4, -0.2) is 36.4 Å². The number of nitrogens with one attached hydrogen (secondary N) is 1. The number of hydrogen-bond donors (Lipinski definition) is 1. The Balaban J connectivity index is 2.26. The summed E-state index contributed by atoms with van der Waals surface area (Å²) in [5.41, 5.74) is 2.22. The Hall–Kier alpha value is -1.42. The predicted molar refractivity (Wildman–Crippen MR) is 64.0 cm³/mol. The number of aryl methyl sites for hydroxylation is 1. The standard InChI is InChI=1S/C12H19N3O/c1-10-11(5-4-7-14-10)9-13-8-6-12(16)15(2)3/h4-5,7,13H,6,8-9H2,1-3H3. The molecule has 0 atom stereocenters. The maximum atomic E-state index is 11.3. The summed E-state index contributed by atoms with van der Waals surface area (Å²) in [5, 5.41) is 3.24. The molecule has 88 valence electrons. The summed E-state index contributed by atoms with van der Waals surface area (Å²) in [6.45, 7) is 3.45. The summed E-state index contributed by atoms with van der Waals surface area (Å²) < 4.78 is 0. The van der Waals surface area contributed by atoms with Crippen LogP contribution in [0.5, 0.6) is 0 Å². The van der Waals surface area contributed by atoms with E-state index in [-0.39, 0.29) is 5.91 Å². The Morgan fingerprint density at radius 2 is 2.25 bits per heavy atom. The average molecular weight is 221 g/mol. The van der Waals surface area contributed by atoms with Crippen LogP contribution in [0.15, 0.2) is 18.3 Å². The molecule has 16 heavy (non-hydrogen) atoms. The fourth-order valence-corrected chi connectivity index (χ4v) is 1.35. The van der Waals surface area contributed by atoms with Crippen molar-refractivity contribution in [3.05, 3.63) is 29.6 Å². The summed E-state index contributed by atoms with van der Waals surface area (Å²) in [4.78, 5) is 17.1. The van der Waals surface area contributed by atoms with E-state index in [0.29, 0.717) is 13.0 Å². The SMILES string of the molecule is Cc1ncccc1CNCCC(=O)N(C)C. The lowest BCUT2D eigenvalue weighted by atomic mass is 10.2. The molecule has 1 amide bonds. The molecule has 4 nitrogen and oxygen atoms in total. The zero-order valence-corrected chi connectivity index (χ0v) is 10.2. The molecule has 1 aromatic rings. The fourth-order valence-electron chi connectivity index (χ4n) is 1.35. The van der Waals surface area contributed by atoms with E-state index in [4.69, 9.17) is 0 Å². The first kappa shape index (κ1) is 12.6. The minimum Gasteiger partial charge on any atom is -0.349 e. The van der Waals surface area contributed by atoms with Crippen molar-refractivity contribution in [1.82, 2.24) is 15.2 Å². The van der Waals surface area contributed by atoms with Gasteiger partial charge in [-0.1, -0.05) is 6.07 Å². The van der Waals surface area contributed by atoms with Crippen molar-refractivity contribution >= 4 is 5.91 Å². The van der Waals surface area contributed by atoms with Crippen LogP contribution in [-0.2, 0) is 11.3 Å². The van der Waals surface area contributed by atoms with Gasteiger partial charge in [-0.05, 0) is 18.6 Å². The molecule has 0 bridgehead atoms. The number of nitrogens with zero attached hydrogens (tertiary/aromatic N) is 2. The lowest BCUT2D eigenvalue weighted by molar-refractivity contribution is -0.128. The number of rotatable bonds is 5. The van der Waals surface area contributed by atoms with Crippen LogP contribution < -0.4 is 5.32 Å². The van der Waals surface area contributed by atoms with Crippen molar-refractivity contribution in [2.75, 3.05) is 20.6 Å². The third-order valence-corrected chi connectivity index (χ3v) is 2.45. The molecular formula is C12H19N3O. The summed E-state index contributed by atoms with van der Waals surface area (Å²) in [7, 11) is 3.54. The summed E-state index contributed by atoms with van der Waals surface area (Å²) >= 11 is 0. The number of carbonyl (C=O) groups excluding carboxylic acids is 1. The molecule has 0 saturated heterocycles. The second kappa shape index (κ2) is 6.23. The van der Waals surface area contributed by atoms with Gasteiger partial charge in [-0.25, -0.2) is 0 Å². The maximum Gasteiger partial charge on any atom is 0.223 e. The van der Waals surface area contributed by atoms with Crippen LogP contribution >= 0.6 is 0 Å². The summed E-state index contributed by atoms with van der Waals surface area (Å²) in [6.07, 6.45) is 2.32. The van der Waals surface area contributed by atoms with Crippen LogP contribution in [0.3, 0.4) is 0 Å². The van der Waals surface area contributed by atoms with Gasteiger partial charge in [0.25, 0.3) is 0 Å². The molecule has 1 aromatic heterocycles. The quantitative estimate of drug-likeness (QED) is 0.753. The Labute approximate surface area is 96.7 Å². The number of hydrogen-bond acceptors (Lipinski definition) is 3. The van der Waals surface area contributed by atoms with E-state index in [1.165, 1.54) is 5.56 Å². The van der Waals surface area contributed by atoms with E-state index in [0.717, 1.165) is 12.2 Å². The van der Waals surface area contributed by atoms with E-state index in [1.54, 1.807) is 25.2 Å². The third kappa shape index (κ3) is 3.98. The molecule has 0 radical (unpaired) electrons. The number of aromatic nitrogens is 1. The smallest absolute Gasteiger partial charge is 0.223 e. The van der Waals surface area contributed by atoms with Crippen LogP contribution in [0.1, 0.15) is 17.7 Å². The Bertz CT molecular complexity index is 350. The summed E-state index contributed by atoms with van der Waals surface area (Å²) in [5.74, 6) is 0.149. The van der Waals surface area contributed by atoms with Crippen molar-refractivity contribution in [1.29, 1.82) is 0 Å². The normalized spacial score (nSPS) is 10.2. The Morgan fingerprint density at radius 1 is 1.50 bits per heavy atom. The molecule has 0 fully saturated rings. The molecule has 1 N–H and O–H groups in total. The number of amides is 1. The third-order valence-electron chi connectivity index (χ3n) is 2.45. The predicted octanol–water partition coefficient (Wildman–Crippen LogP) is 0.958. The zero-order valence-electron chi connectivity index (χ0n) is 10.2. The highest BCUT2D eigenvalue weighted by Gasteiger charge is 2.03. The van der Waals surface area contributed by atoms with E-state index in [2.05, 4.69) is 10.3 Å². The maximum absolute atomic E-state index is 11.3. The monoisotopic (exact) mass is 221 g/mol. The largest absolute Gasteiger partial charge is 0.349 e. The first-order chi connectivity index (χ1) is 7.61. The number of pyridine rings is 1. The zero-order chi connectivity index (χ0) is 12.0. The minimum atomic E-state index is 0.149. The van der Waals surface area contributed by atoms with Gasteiger partial charge in [-0.2, -0.15) is 0 Å². The van der Waals surface area contributed by atoms with E-state index >= 15 is 0 Å². The fraction of sp³-hybridized carbons (Fsp3) is 0.500. The van der Waals surface area contributed by atoms with Gasteiger partial charge in [0.1, 0.15) is 0 Å². The van der Waals surface area contributed by atoms with Gasteiger partial charge >= 0.3 is 0 Å². The second-order valence-corrected chi connectivity index (χ2v) is 3.96. The van der Waals surface area contributed by atoms with Gasteiger partial charge in [0, 0.05) is 45.5 Å². The molecule has 0 saturated carbocycles. The van der Waals surface area contributed by atoms with Crippen molar-refractivity contribution < 1.29 is 4.79 Å². The molecule has 0 aliphatic heterocycles. The van der Waals surface area contributed by atoms with Crippen LogP contribution in [0.4, 0.5) is 0 Å². The molecule has 0 aliphatic carbocycles. The van der Waals surface area contributed by atoms with Crippen molar-refractivity contribution in [3.63, 3.8) is 0 Å². The lowest BCUT2D eigenvalue weighted by Crippen LogP contribution is -2.26. The van der Waals surface area contributed by atoms with Crippen LogP contribution in [0, 0.1) is 6.92 Å². The van der Waals surface area contributed by atoms with Gasteiger partial charge in [0.2, 0.25) is 5.91 Å². The van der Waals surface area contributed by atoms with E-state index < -0.39 is 0 Å². The Kier molecular flexibility index (Phi) is 4.92. The van der Waals surface area contributed by atoms with Crippen molar-refractivity contribution in [2.24, 2.45) is 0 Å². The van der Waals surface area contributed by atoms with Crippen LogP contribution in [0.2, 0.25) is 0 Å². The Morgan fingerprint density at radius 3 is 2.88 bits per heavy atom. The highest BCUT2D eigenvalue weighted by Crippen LogP contribution is 2.02. The van der Waals surface area contributed by atoms with E-state index in [9.17, 15) is 4.79 Å². The molecule has 0 spiro atoms. The minimum absolute atomic E-state index is 0.149.